The highest BCUT2D eigenvalue weighted by molar-refractivity contribution is 5.98. The van der Waals surface area contributed by atoms with E-state index in [1.54, 1.807) is 13.8 Å². The van der Waals surface area contributed by atoms with Gasteiger partial charge in [0.1, 0.15) is 0 Å². The molecule has 1 aromatic carbocycles. The van der Waals surface area contributed by atoms with E-state index in [0.717, 1.165) is 24.2 Å². The van der Waals surface area contributed by atoms with Gasteiger partial charge in [-0.15, -0.1) is 12.4 Å². The molecule has 2 aromatic rings. The van der Waals surface area contributed by atoms with E-state index in [0.29, 0.717) is 0 Å². The number of carbonyl (C=O) groups is 1. The van der Waals surface area contributed by atoms with Gasteiger partial charge < -0.3 is 15.6 Å². The third-order valence-corrected chi connectivity index (χ3v) is 3.08. The molecule has 0 unspecified atom stereocenters. The Morgan fingerprint density at radius 3 is 2.65 bits per heavy atom. The summed E-state index contributed by atoms with van der Waals surface area (Å²) in [4.78, 5) is 11.9. The lowest BCUT2D eigenvalue weighted by molar-refractivity contribution is -0.120. The Morgan fingerprint density at radius 1 is 1.35 bits per heavy atom. The minimum atomic E-state index is -0.875. The minimum Gasteiger partial charge on any atom is -0.347 e. The van der Waals surface area contributed by atoms with Crippen molar-refractivity contribution in [1.82, 2.24) is 4.57 Å². The van der Waals surface area contributed by atoms with Crippen molar-refractivity contribution in [2.45, 2.75) is 39.3 Å². The molecule has 0 aliphatic heterocycles. The lowest BCUT2D eigenvalue weighted by Gasteiger charge is -2.18. The fraction of sp³-hybridized carbons (Fsp3) is 0.400. The number of anilines is 1. The third-order valence-electron chi connectivity index (χ3n) is 3.08. The maximum absolute atomic E-state index is 11.9. The molecule has 1 amide bonds. The Bertz CT molecular complexity index is 599. The molecule has 0 atom stereocenters. The molecule has 0 aliphatic rings. The van der Waals surface area contributed by atoms with Crippen LogP contribution < -0.4 is 11.1 Å². The summed E-state index contributed by atoms with van der Waals surface area (Å²) in [7, 11) is 0. The molecule has 1 aromatic heterocycles. The molecule has 0 aliphatic carbocycles. The van der Waals surface area contributed by atoms with Crippen molar-refractivity contribution < 1.29 is 4.79 Å². The van der Waals surface area contributed by atoms with Crippen LogP contribution in [0.5, 0.6) is 0 Å². The Morgan fingerprint density at radius 2 is 2.05 bits per heavy atom. The molecule has 0 radical (unpaired) electrons. The van der Waals surface area contributed by atoms with E-state index in [1.807, 2.05) is 18.2 Å². The van der Waals surface area contributed by atoms with E-state index in [9.17, 15) is 4.79 Å². The molecule has 2 rings (SSSR count). The maximum Gasteiger partial charge on any atom is 0.243 e. The smallest absolute Gasteiger partial charge is 0.243 e. The summed E-state index contributed by atoms with van der Waals surface area (Å²) in [5.74, 6) is -0.180. The predicted molar refractivity (Wildman–Crippen MR) is 86.4 cm³/mol. The SMILES string of the molecule is CCCn1ccc2ccc(NC(=O)C(C)(C)N)cc21.Cl. The van der Waals surface area contributed by atoms with Crippen LogP contribution in [0.15, 0.2) is 30.5 Å². The number of benzene rings is 1. The van der Waals surface area contributed by atoms with E-state index >= 15 is 0 Å². The van der Waals surface area contributed by atoms with Gasteiger partial charge in [-0.05, 0) is 43.9 Å². The normalized spacial score (nSPS) is 11.2. The molecule has 3 N–H and O–H groups in total. The summed E-state index contributed by atoms with van der Waals surface area (Å²) in [5, 5.41) is 4.03. The zero-order valence-electron chi connectivity index (χ0n) is 12.1. The van der Waals surface area contributed by atoms with E-state index in [4.69, 9.17) is 5.73 Å². The second kappa shape index (κ2) is 6.29. The minimum absolute atomic E-state index is 0. The standard InChI is InChI=1S/C15H21N3O.ClH/c1-4-8-18-9-7-11-5-6-12(10-13(11)18)17-14(19)15(2,3)16;/h5-7,9-10H,4,8,16H2,1-3H3,(H,17,19);1H. The lowest BCUT2D eigenvalue weighted by atomic mass is 10.1. The van der Waals surface area contributed by atoms with Crippen molar-refractivity contribution in [3.05, 3.63) is 30.5 Å². The van der Waals surface area contributed by atoms with Gasteiger partial charge in [0.15, 0.2) is 0 Å². The number of carbonyl (C=O) groups excluding carboxylic acids is 1. The van der Waals surface area contributed by atoms with Crippen molar-refractivity contribution in [3.63, 3.8) is 0 Å². The molecule has 0 fully saturated rings. The van der Waals surface area contributed by atoms with E-state index in [1.165, 1.54) is 5.39 Å². The molecule has 20 heavy (non-hydrogen) atoms. The summed E-state index contributed by atoms with van der Waals surface area (Å²) < 4.78 is 2.19. The Balaban J connectivity index is 0.00000200. The molecule has 0 saturated carbocycles. The summed E-state index contributed by atoms with van der Waals surface area (Å²) in [5.41, 5.74) is 6.82. The Labute approximate surface area is 125 Å². The number of nitrogens with zero attached hydrogens (tertiary/aromatic N) is 1. The van der Waals surface area contributed by atoms with Crippen LogP contribution >= 0.6 is 12.4 Å². The maximum atomic E-state index is 11.9. The fourth-order valence-corrected chi connectivity index (χ4v) is 1.99. The highest BCUT2D eigenvalue weighted by atomic mass is 35.5. The van der Waals surface area contributed by atoms with Crippen LogP contribution in [-0.2, 0) is 11.3 Å². The molecule has 1 heterocycles. The van der Waals surface area contributed by atoms with Gasteiger partial charge in [-0.3, -0.25) is 4.79 Å². The average Bonchev–Trinajstić information content (AvgIpc) is 2.71. The zero-order valence-corrected chi connectivity index (χ0v) is 13.0. The number of amides is 1. The number of halogens is 1. The topological polar surface area (TPSA) is 60.0 Å². The van der Waals surface area contributed by atoms with Crippen LogP contribution in [0.3, 0.4) is 0 Å². The molecule has 4 nitrogen and oxygen atoms in total. The summed E-state index contributed by atoms with van der Waals surface area (Å²) in [6.07, 6.45) is 3.16. The number of nitrogens with one attached hydrogen (secondary N) is 1. The van der Waals surface area contributed by atoms with Gasteiger partial charge in [-0.1, -0.05) is 13.0 Å². The van der Waals surface area contributed by atoms with Crippen molar-refractivity contribution in [3.8, 4) is 0 Å². The predicted octanol–water partition coefficient (Wildman–Crippen LogP) is 3.15. The molecule has 0 bridgehead atoms. The number of aryl methyl sites for hydroxylation is 1. The quantitative estimate of drug-likeness (QED) is 0.910. The Kier molecular flexibility index (Phi) is 5.20. The number of rotatable bonds is 4. The monoisotopic (exact) mass is 295 g/mol. The zero-order chi connectivity index (χ0) is 14.0. The second-order valence-corrected chi connectivity index (χ2v) is 5.46. The average molecular weight is 296 g/mol. The first-order chi connectivity index (χ1) is 8.91. The fourth-order valence-electron chi connectivity index (χ4n) is 1.99. The van der Waals surface area contributed by atoms with Gasteiger partial charge in [0.25, 0.3) is 0 Å². The third kappa shape index (κ3) is 3.52. The van der Waals surface area contributed by atoms with Crippen molar-refractivity contribution in [2.75, 3.05) is 5.32 Å². The van der Waals surface area contributed by atoms with Crippen LogP contribution in [0.2, 0.25) is 0 Å². The summed E-state index contributed by atoms with van der Waals surface area (Å²) >= 11 is 0. The highest BCUT2D eigenvalue weighted by Crippen LogP contribution is 2.21. The first kappa shape index (κ1) is 16.5. The van der Waals surface area contributed by atoms with Crippen LogP contribution in [0.1, 0.15) is 27.2 Å². The lowest BCUT2D eigenvalue weighted by Crippen LogP contribution is -2.45. The first-order valence-corrected chi connectivity index (χ1v) is 6.61. The van der Waals surface area contributed by atoms with Crippen molar-refractivity contribution in [2.24, 2.45) is 5.73 Å². The van der Waals surface area contributed by atoms with Crippen molar-refractivity contribution in [1.29, 1.82) is 0 Å². The van der Waals surface area contributed by atoms with Gasteiger partial charge in [-0.2, -0.15) is 0 Å². The second-order valence-electron chi connectivity index (χ2n) is 5.46. The molecule has 0 spiro atoms. The molecular weight excluding hydrogens is 274 g/mol. The van der Waals surface area contributed by atoms with Crippen LogP contribution in [0, 0.1) is 0 Å². The molecule has 0 saturated heterocycles. The van der Waals surface area contributed by atoms with Gasteiger partial charge >= 0.3 is 0 Å². The number of hydrogen-bond donors (Lipinski definition) is 2. The van der Waals surface area contributed by atoms with Gasteiger partial charge in [0.2, 0.25) is 5.91 Å². The number of nitrogens with two attached hydrogens (primary N) is 1. The number of aromatic nitrogens is 1. The summed E-state index contributed by atoms with van der Waals surface area (Å²) in [6.45, 7) is 6.51. The molecular formula is C15H22ClN3O. The number of hydrogen-bond acceptors (Lipinski definition) is 2. The van der Waals surface area contributed by atoms with E-state index in [2.05, 4.69) is 29.1 Å². The van der Waals surface area contributed by atoms with Crippen LogP contribution in [0.25, 0.3) is 10.9 Å². The van der Waals surface area contributed by atoms with Crippen LogP contribution in [-0.4, -0.2) is 16.0 Å². The van der Waals surface area contributed by atoms with Crippen LogP contribution in [0.4, 0.5) is 5.69 Å². The van der Waals surface area contributed by atoms with Gasteiger partial charge in [0.05, 0.1) is 11.1 Å². The Hall–Kier alpha value is -1.52. The summed E-state index contributed by atoms with van der Waals surface area (Å²) in [6, 6.07) is 8.00. The van der Waals surface area contributed by atoms with Gasteiger partial charge in [-0.25, -0.2) is 0 Å². The largest absolute Gasteiger partial charge is 0.347 e. The van der Waals surface area contributed by atoms with E-state index < -0.39 is 5.54 Å². The van der Waals surface area contributed by atoms with Gasteiger partial charge in [0, 0.05) is 18.4 Å². The highest BCUT2D eigenvalue weighted by Gasteiger charge is 2.21. The first-order valence-electron chi connectivity index (χ1n) is 6.61. The van der Waals surface area contributed by atoms with E-state index in [-0.39, 0.29) is 18.3 Å². The molecule has 5 heteroatoms. The molecule has 110 valence electrons. The van der Waals surface area contributed by atoms with Crippen molar-refractivity contribution >= 4 is 34.9 Å². The number of fused-ring (bicyclic) bond motifs is 1.